The van der Waals surface area contributed by atoms with E-state index in [0.29, 0.717) is 23.6 Å². The zero-order chi connectivity index (χ0) is 19.1. The monoisotopic (exact) mass is 369 g/mol. The smallest absolute Gasteiger partial charge is 0.251 e. The van der Waals surface area contributed by atoms with Crippen molar-refractivity contribution in [2.45, 2.75) is 0 Å². The lowest BCUT2D eigenvalue weighted by molar-refractivity contribution is 0.0947. The fourth-order valence-corrected chi connectivity index (χ4v) is 3.24. The molecule has 2 aromatic rings. The van der Waals surface area contributed by atoms with Crippen LogP contribution in [0.15, 0.2) is 48.5 Å². The molecule has 1 amide bonds. The largest absolute Gasteiger partial charge is 0.497 e. The molecule has 0 radical (unpaired) electrons. The van der Waals surface area contributed by atoms with Gasteiger partial charge in [-0.15, -0.1) is 0 Å². The summed E-state index contributed by atoms with van der Waals surface area (Å²) in [6.07, 6.45) is 0. The number of amides is 1. The summed E-state index contributed by atoms with van der Waals surface area (Å²) in [4.78, 5) is 17.2. The molecule has 1 fully saturated rings. The molecule has 1 saturated heterocycles. The quantitative estimate of drug-likeness (QED) is 0.811. The lowest BCUT2D eigenvalue weighted by atomic mass is 10.2. The second kappa shape index (κ2) is 9.28. The van der Waals surface area contributed by atoms with E-state index >= 15 is 0 Å². The Balaban J connectivity index is 1.44. The predicted molar refractivity (Wildman–Crippen MR) is 107 cm³/mol. The van der Waals surface area contributed by atoms with Gasteiger partial charge in [-0.2, -0.15) is 0 Å². The number of carbonyl (C=O) groups excluding carboxylic acids is 1. The summed E-state index contributed by atoms with van der Waals surface area (Å²) < 4.78 is 10.4. The Labute approximate surface area is 160 Å². The summed E-state index contributed by atoms with van der Waals surface area (Å²) in [6, 6.07) is 15.7. The molecule has 6 heteroatoms. The van der Waals surface area contributed by atoms with Gasteiger partial charge in [0.15, 0.2) is 0 Å². The van der Waals surface area contributed by atoms with Crippen LogP contribution in [-0.4, -0.2) is 64.3 Å². The Hall–Kier alpha value is -2.73. The van der Waals surface area contributed by atoms with E-state index in [-0.39, 0.29) is 5.91 Å². The number of benzene rings is 2. The summed E-state index contributed by atoms with van der Waals surface area (Å²) in [5, 5.41) is 2.99. The van der Waals surface area contributed by atoms with Crippen molar-refractivity contribution in [3.05, 3.63) is 54.1 Å². The topological polar surface area (TPSA) is 54.0 Å². The molecule has 0 aliphatic carbocycles. The maximum absolute atomic E-state index is 12.4. The molecule has 3 rings (SSSR count). The standard InChI is InChI=1S/C21H27N3O3/c1-26-19-14-17(15-20(16-19)27-2)21(25)22-8-9-23-10-12-24(13-11-23)18-6-4-3-5-7-18/h3-7,14-16H,8-13H2,1-2H3,(H,22,25). The number of piperazine rings is 1. The van der Waals surface area contributed by atoms with E-state index in [9.17, 15) is 4.79 Å². The van der Waals surface area contributed by atoms with Crippen LogP contribution in [0.4, 0.5) is 5.69 Å². The molecule has 1 aliphatic rings. The number of ether oxygens (including phenoxy) is 2. The molecule has 1 N–H and O–H groups in total. The number of carbonyl (C=O) groups is 1. The van der Waals surface area contributed by atoms with Gasteiger partial charge in [-0.05, 0) is 24.3 Å². The van der Waals surface area contributed by atoms with Crippen LogP contribution in [0.2, 0.25) is 0 Å². The number of para-hydroxylation sites is 1. The highest BCUT2D eigenvalue weighted by Crippen LogP contribution is 2.22. The second-order valence-electron chi connectivity index (χ2n) is 6.52. The maximum Gasteiger partial charge on any atom is 0.251 e. The Morgan fingerprint density at radius 3 is 2.19 bits per heavy atom. The number of hydrogen-bond acceptors (Lipinski definition) is 5. The van der Waals surface area contributed by atoms with Crippen LogP contribution in [0.3, 0.4) is 0 Å². The fourth-order valence-electron chi connectivity index (χ4n) is 3.24. The summed E-state index contributed by atoms with van der Waals surface area (Å²) >= 11 is 0. The van der Waals surface area contributed by atoms with E-state index in [0.717, 1.165) is 32.7 Å². The normalized spacial score (nSPS) is 14.7. The minimum absolute atomic E-state index is 0.116. The molecule has 0 saturated carbocycles. The van der Waals surface area contributed by atoms with E-state index < -0.39 is 0 Å². The van der Waals surface area contributed by atoms with Crippen LogP contribution in [-0.2, 0) is 0 Å². The molecule has 0 bridgehead atoms. The van der Waals surface area contributed by atoms with E-state index in [1.54, 1.807) is 32.4 Å². The van der Waals surface area contributed by atoms with Gasteiger partial charge in [-0.1, -0.05) is 18.2 Å². The zero-order valence-corrected chi connectivity index (χ0v) is 16.0. The molecule has 1 aliphatic heterocycles. The lowest BCUT2D eigenvalue weighted by Crippen LogP contribution is -2.48. The first-order valence-electron chi connectivity index (χ1n) is 9.23. The third-order valence-corrected chi connectivity index (χ3v) is 4.82. The van der Waals surface area contributed by atoms with Crippen molar-refractivity contribution in [1.82, 2.24) is 10.2 Å². The van der Waals surface area contributed by atoms with Gasteiger partial charge in [0.25, 0.3) is 5.91 Å². The molecule has 0 aromatic heterocycles. The molecule has 6 nitrogen and oxygen atoms in total. The van der Waals surface area contributed by atoms with Crippen LogP contribution >= 0.6 is 0 Å². The summed E-state index contributed by atoms with van der Waals surface area (Å²) in [5.74, 6) is 1.10. The van der Waals surface area contributed by atoms with Crippen molar-refractivity contribution >= 4 is 11.6 Å². The number of nitrogens with one attached hydrogen (secondary N) is 1. The number of rotatable bonds is 7. The Bertz CT molecular complexity index is 721. The van der Waals surface area contributed by atoms with E-state index in [2.05, 4.69) is 39.4 Å². The average molecular weight is 369 g/mol. The highest BCUT2D eigenvalue weighted by atomic mass is 16.5. The SMILES string of the molecule is COc1cc(OC)cc(C(=O)NCCN2CCN(c3ccccc3)CC2)c1. The molecular formula is C21H27N3O3. The highest BCUT2D eigenvalue weighted by molar-refractivity contribution is 5.95. The van der Waals surface area contributed by atoms with Crippen LogP contribution in [0.25, 0.3) is 0 Å². The molecule has 0 atom stereocenters. The molecule has 0 spiro atoms. The van der Waals surface area contributed by atoms with Crippen LogP contribution in [0, 0.1) is 0 Å². The third-order valence-electron chi connectivity index (χ3n) is 4.82. The molecule has 1 heterocycles. The minimum Gasteiger partial charge on any atom is -0.497 e. The van der Waals surface area contributed by atoms with E-state index in [1.807, 2.05) is 6.07 Å². The van der Waals surface area contributed by atoms with Gasteiger partial charge in [0.05, 0.1) is 14.2 Å². The van der Waals surface area contributed by atoms with Crippen molar-refractivity contribution in [2.75, 3.05) is 58.4 Å². The van der Waals surface area contributed by atoms with Crippen LogP contribution in [0.1, 0.15) is 10.4 Å². The number of methoxy groups -OCH3 is 2. The third kappa shape index (κ3) is 5.14. The van der Waals surface area contributed by atoms with Gasteiger partial charge in [0.1, 0.15) is 11.5 Å². The number of anilines is 1. The summed E-state index contributed by atoms with van der Waals surface area (Å²) in [5.41, 5.74) is 1.82. The van der Waals surface area contributed by atoms with Crippen LogP contribution in [0.5, 0.6) is 11.5 Å². The van der Waals surface area contributed by atoms with Gasteiger partial charge in [0, 0.05) is 56.6 Å². The maximum atomic E-state index is 12.4. The van der Waals surface area contributed by atoms with Crippen molar-refractivity contribution in [1.29, 1.82) is 0 Å². The first-order valence-corrected chi connectivity index (χ1v) is 9.23. The average Bonchev–Trinajstić information content (AvgIpc) is 2.74. The zero-order valence-electron chi connectivity index (χ0n) is 16.0. The Morgan fingerprint density at radius 1 is 0.963 bits per heavy atom. The van der Waals surface area contributed by atoms with Crippen molar-refractivity contribution < 1.29 is 14.3 Å². The molecule has 27 heavy (non-hydrogen) atoms. The van der Waals surface area contributed by atoms with E-state index in [4.69, 9.17) is 9.47 Å². The Morgan fingerprint density at radius 2 is 1.59 bits per heavy atom. The minimum atomic E-state index is -0.116. The second-order valence-corrected chi connectivity index (χ2v) is 6.52. The first kappa shape index (κ1) is 19.0. The molecule has 2 aromatic carbocycles. The van der Waals surface area contributed by atoms with Gasteiger partial charge < -0.3 is 19.7 Å². The Kier molecular flexibility index (Phi) is 6.54. The number of hydrogen-bond donors (Lipinski definition) is 1. The van der Waals surface area contributed by atoms with Crippen LogP contribution < -0.4 is 19.7 Å². The summed E-state index contributed by atoms with van der Waals surface area (Å²) in [7, 11) is 3.15. The predicted octanol–water partition coefficient (Wildman–Crippen LogP) is 2.26. The van der Waals surface area contributed by atoms with Gasteiger partial charge in [-0.3, -0.25) is 9.69 Å². The van der Waals surface area contributed by atoms with Gasteiger partial charge in [-0.25, -0.2) is 0 Å². The number of nitrogens with zero attached hydrogens (tertiary/aromatic N) is 2. The van der Waals surface area contributed by atoms with Gasteiger partial charge in [0.2, 0.25) is 0 Å². The molecular weight excluding hydrogens is 342 g/mol. The first-order chi connectivity index (χ1) is 13.2. The van der Waals surface area contributed by atoms with Crippen molar-refractivity contribution in [2.24, 2.45) is 0 Å². The van der Waals surface area contributed by atoms with E-state index in [1.165, 1.54) is 5.69 Å². The molecule has 0 unspecified atom stereocenters. The lowest BCUT2D eigenvalue weighted by Gasteiger charge is -2.36. The van der Waals surface area contributed by atoms with Crippen molar-refractivity contribution in [3.63, 3.8) is 0 Å². The van der Waals surface area contributed by atoms with Gasteiger partial charge >= 0.3 is 0 Å². The summed E-state index contributed by atoms with van der Waals surface area (Å²) in [6.45, 7) is 5.46. The molecule has 144 valence electrons. The highest BCUT2D eigenvalue weighted by Gasteiger charge is 2.17. The van der Waals surface area contributed by atoms with Crippen molar-refractivity contribution in [3.8, 4) is 11.5 Å². The fraction of sp³-hybridized carbons (Fsp3) is 0.381.